The van der Waals surface area contributed by atoms with Gasteiger partial charge in [0, 0.05) is 23.9 Å². The lowest BCUT2D eigenvalue weighted by Crippen LogP contribution is -2.10. The third kappa shape index (κ3) is 2.58. The average molecular weight is 192 g/mol. The number of rotatable bonds is 4. The van der Waals surface area contributed by atoms with Crippen molar-refractivity contribution in [2.24, 2.45) is 0 Å². The maximum absolute atomic E-state index is 10.4. The molecule has 0 saturated carbocycles. The van der Waals surface area contributed by atoms with Crippen LogP contribution in [0.3, 0.4) is 0 Å². The molecule has 0 radical (unpaired) electrons. The van der Waals surface area contributed by atoms with Crippen LogP contribution in [-0.2, 0) is 0 Å². The maximum Gasteiger partial charge on any atom is 0.269 e. The summed E-state index contributed by atoms with van der Waals surface area (Å²) in [6.07, 6.45) is 1.77. The van der Waals surface area contributed by atoms with Gasteiger partial charge in [0.25, 0.3) is 5.69 Å². The predicted octanol–water partition coefficient (Wildman–Crippen LogP) is 2.58. The van der Waals surface area contributed by atoms with Crippen LogP contribution in [-0.4, -0.2) is 11.0 Å². The number of nitrogens with zero attached hydrogens (tertiary/aromatic N) is 1. The van der Waals surface area contributed by atoms with Gasteiger partial charge in [-0.05, 0) is 19.1 Å². The van der Waals surface area contributed by atoms with Crippen molar-refractivity contribution >= 4 is 11.4 Å². The molecule has 0 aliphatic heterocycles. The van der Waals surface area contributed by atoms with E-state index < -0.39 is 4.92 Å². The summed E-state index contributed by atoms with van der Waals surface area (Å²) in [6, 6.07) is 6.45. The van der Waals surface area contributed by atoms with Crippen molar-refractivity contribution in [3.63, 3.8) is 0 Å². The number of nitro groups is 1. The van der Waals surface area contributed by atoms with Gasteiger partial charge in [0.05, 0.1) is 4.92 Å². The molecule has 0 amide bonds. The number of nitrogens with one attached hydrogen (secondary N) is 1. The Bertz CT molecular complexity index is 332. The van der Waals surface area contributed by atoms with Crippen LogP contribution < -0.4 is 5.32 Å². The summed E-state index contributed by atoms with van der Waals surface area (Å²) in [5, 5.41) is 13.5. The normalized spacial score (nSPS) is 11.8. The number of non-ortho nitro benzene ring substituents is 1. The van der Waals surface area contributed by atoms with E-state index in [1.54, 1.807) is 18.2 Å². The highest BCUT2D eigenvalue weighted by Crippen LogP contribution is 2.15. The zero-order valence-electron chi connectivity index (χ0n) is 7.93. The molecule has 0 aliphatic carbocycles. The van der Waals surface area contributed by atoms with Crippen LogP contribution in [0.15, 0.2) is 36.9 Å². The van der Waals surface area contributed by atoms with E-state index in [1.807, 2.05) is 6.92 Å². The molecule has 0 spiro atoms. The second-order valence-corrected chi connectivity index (χ2v) is 2.97. The van der Waals surface area contributed by atoms with E-state index in [0.717, 1.165) is 5.69 Å². The van der Waals surface area contributed by atoms with Crippen molar-refractivity contribution in [1.82, 2.24) is 0 Å². The van der Waals surface area contributed by atoms with Crippen molar-refractivity contribution in [3.8, 4) is 0 Å². The van der Waals surface area contributed by atoms with Gasteiger partial charge < -0.3 is 5.32 Å². The molecule has 74 valence electrons. The SMILES string of the molecule is C=CC(C)Nc1ccc([N+](=O)[O-])cc1. The largest absolute Gasteiger partial charge is 0.379 e. The quantitative estimate of drug-likeness (QED) is 0.453. The minimum Gasteiger partial charge on any atom is -0.379 e. The van der Waals surface area contributed by atoms with Crippen LogP contribution in [0.4, 0.5) is 11.4 Å². The molecule has 4 heteroatoms. The van der Waals surface area contributed by atoms with E-state index >= 15 is 0 Å². The summed E-state index contributed by atoms with van der Waals surface area (Å²) in [7, 11) is 0. The number of anilines is 1. The first-order chi connectivity index (χ1) is 6.63. The van der Waals surface area contributed by atoms with Crippen molar-refractivity contribution in [1.29, 1.82) is 0 Å². The van der Waals surface area contributed by atoms with Gasteiger partial charge in [0.1, 0.15) is 0 Å². The van der Waals surface area contributed by atoms with Crippen molar-refractivity contribution in [2.75, 3.05) is 5.32 Å². The molecule has 0 aliphatic rings. The van der Waals surface area contributed by atoms with Crippen LogP contribution in [0.5, 0.6) is 0 Å². The van der Waals surface area contributed by atoms with E-state index in [-0.39, 0.29) is 11.7 Å². The molecule has 1 rings (SSSR count). The average Bonchev–Trinajstić information content (AvgIpc) is 2.18. The third-order valence-electron chi connectivity index (χ3n) is 1.83. The number of nitro benzene ring substituents is 1. The van der Waals surface area contributed by atoms with Crippen LogP contribution in [0.1, 0.15) is 6.92 Å². The van der Waals surface area contributed by atoms with Gasteiger partial charge in [-0.25, -0.2) is 0 Å². The summed E-state index contributed by atoms with van der Waals surface area (Å²) in [4.78, 5) is 9.94. The Morgan fingerprint density at radius 2 is 2.07 bits per heavy atom. The topological polar surface area (TPSA) is 55.2 Å². The minimum absolute atomic E-state index is 0.0989. The molecule has 1 aromatic rings. The van der Waals surface area contributed by atoms with Crippen LogP contribution >= 0.6 is 0 Å². The Balaban J connectivity index is 2.73. The molecule has 1 N–H and O–H groups in total. The van der Waals surface area contributed by atoms with Gasteiger partial charge in [-0.2, -0.15) is 0 Å². The van der Waals surface area contributed by atoms with Crippen LogP contribution in [0.2, 0.25) is 0 Å². The Labute approximate surface area is 82.4 Å². The van der Waals surface area contributed by atoms with Crippen molar-refractivity contribution < 1.29 is 4.92 Å². The number of hydrogen-bond acceptors (Lipinski definition) is 3. The Morgan fingerprint density at radius 3 is 2.50 bits per heavy atom. The van der Waals surface area contributed by atoms with Gasteiger partial charge in [0.2, 0.25) is 0 Å². The summed E-state index contributed by atoms with van der Waals surface area (Å²) in [6.45, 7) is 5.58. The summed E-state index contributed by atoms with van der Waals surface area (Å²) >= 11 is 0. The summed E-state index contributed by atoms with van der Waals surface area (Å²) < 4.78 is 0. The predicted molar refractivity (Wildman–Crippen MR) is 56.4 cm³/mol. The first-order valence-corrected chi connectivity index (χ1v) is 4.27. The van der Waals surface area contributed by atoms with Crippen molar-refractivity contribution in [2.45, 2.75) is 13.0 Å². The van der Waals surface area contributed by atoms with Gasteiger partial charge in [0.15, 0.2) is 0 Å². The molecule has 1 atom stereocenters. The molecule has 4 nitrogen and oxygen atoms in total. The molecule has 0 saturated heterocycles. The highest BCUT2D eigenvalue weighted by atomic mass is 16.6. The second-order valence-electron chi connectivity index (χ2n) is 2.97. The fourth-order valence-corrected chi connectivity index (χ4v) is 1.00. The minimum atomic E-state index is -0.416. The highest BCUT2D eigenvalue weighted by Gasteiger charge is 2.03. The summed E-state index contributed by atoms with van der Waals surface area (Å²) in [5.74, 6) is 0. The van der Waals surface area contributed by atoms with E-state index in [4.69, 9.17) is 0 Å². The molecule has 1 unspecified atom stereocenters. The lowest BCUT2D eigenvalue weighted by atomic mass is 10.2. The Hall–Kier alpha value is -1.84. The zero-order valence-corrected chi connectivity index (χ0v) is 7.93. The Kier molecular flexibility index (Phi) is 3.23. The maximum atomic E-state index is 10.4. The number of hydrogen-bond donors (Lipinski definition) is 1. The van der Waals surface area contributed by atoms with Crippen LogP contribution in [0, 0.1) is 10.1 Å². The lowest BCUT2D eigenvalue weighted by molar-refractivity contribution is -0.384. The smallest absolute Gasteiger partial charge is 0.269 e. The van der Waals surface area contributed by atoms with Crippen molar-refractivity contribution in [3.05, 3.63) is 47.0 Å². The first kappa shape index (κ1) is 10.2. The molecule has 0 fully saturated rings. The lowest BCUT2D eigenvalue weighted by Gasteiger charge is -2.09. The standard InChI is InChI=1S/C10H12N2O2/c1-3-8(2)11-9-4-6-10(7-5-9)12(13)14/h3-8,11H,1H2,2H3. The molecular weight excluding hydrogens is 180 g/mol. The monoisotopic (exact) mass is 192 g/mol. The second kappa shape index (κ2) is 4.41. The van der Waals surface area contributed by atoms with E-state index in [2.05, 4.69) is 11.9 Å². The first-order valence-electron chi connectivity index (χ1n) is 4.27. The summed E-state index contributed by atoms with van der Waals surface area (Å²) in [5.41, 5.74) is 0.949. The van der Waals surface area contributed by atoms with Crippen LogP contribution in [0.25, 0.3) is 0 Å². The van der Waals surface area contributed by atoms with Gasteiger partial charge >= 0.3 is 0 Å². The third-order valence-corrected chi connectivity index (χ3v) is 1.83. The number of benzene rings is 1. The van der Waals surface area contributed by atoms with Gasteiger partial charge in [-0.3, -0.25) is 10.1 Å². The zero-order chi connectivity index (χ0) is 10.6. The fraction of sp³-hybridized carbons (Fsp3) is 0.200. The van der Waals surface area contributed by atoms with Gasteiger partial charge in [-0.1, -0.05) is 6.08 Å². The molecule has 1 aromatic carbocycles. The molecular formula is C10H12N2O2. The molecule has 0 aromatic heterocycles. The van der Waals surface area contributed by atoms with E-state index in [1.165, 1.54) is 12.1 Å². The van der Waals surface area contributed by atoms with E-state index in [9.17, 15) is 10.1 Å². The Morgan fingerprint density at radius 1 is 1.50 bits per heavy atom. The highest BCUT2D eigenvalue weighted by molar-refractivity contribution is 5.49. The molecule has 0 bridgehead atoms. The molecule has 14 heavy (non-hydrogen) atoms. The van der Waals surface area contributed by atoms with E-state index in [0.29, 0.717) is 0 Å². The molecule has 0 heterocycles. The fourth-order valence-electron chi connectivity index (χ4n) is 1.00. The van der Waals surface area contributed by atoms with Gasteiger partial charge in [-0.15, -0.1) is 6.58 Å².